The second kappa shape index (κ2) is 7.83. The highest BCUT2D eigenvalue weighted by Crippen LogP contribution is 2.19. The standard InChI is InChI=1S/C20H15FN2O5/c1-2-28-20(27)16-11-23(17-6-5-13(21)8-14(17)18(16)24)10-15(19(25)26)12-4-3-7-22-9-12/h3-11H,2H2,1H3,(H,25,26)/b15-10-. The molecule has 1 aromatic carbocycles. The molecule has 142 valence electrons. The average molecular weight is 382 g/mol. The number of carbonyl (C=O) groups excluding carboxylic acids is 1. The summed E-state index contributed by atoms with van der Waals surface area (Å²) in [6, 6.07) is 6.61. The molecule has 8 heteroatoms. The van der Waals surface area contributed by atoms with Crippen molar-refractivity contribution in [2.75, 3.05) is 6.61 Å². The van der Waals surface area contributed by atoms with E-state index in [2.05, 4.69) is 4.98 Å². The maximum Gasteiger partial charge on any atom is 0.343 e. The number of hydrogen-bond acceptors (Lipinski definition) is 5. The Kier molecular flexibility index (Phi) is 5.30. The van der Waals surface area contributed by atoms with Crippen molar-refractivity contribution in [3.63, 3.8) is 0 Å². The predicted octanol–water partition coefficient (Wildman–Crippen LogP) is 2.80. The van der Waals surface area contributed by atoms with Gasteiger partial charge in [-0.3, -0.25) is 9.78 Å². The van der Waals surface area contributed by atoms with E-state index >= 15 is 0 Å². The van der Waals surface area contributed by atoms with Gasteiger partial charge in [-0.25, -0.2) is 14.0 Å². The first-order chi connectivity index (χ1) is 13.4. The number of rotatable bonds is 5. The molecular weight excluding hydrogens is 367 g/mol. The normalized spacial score (nSPS) is 11.4. The van der Waals surface area contributed by atoms with Gasteiger partial charge in [-0.2, -0.15) is 0 Å². The minimum atomic E-state index is -1.24. The van der Waals surface area contributed by atoms with Crippen LogP contribution in [0.25, 0.3) is 22.7 Å². The number of fused-ring (bicyclic) bond motifs is 1. The molecule has 0 aliphatic rings. The molecule has 0 bridgehead atoms. The van der Waals surface area contributed by atoms with Crippen molar-refractivity contribution < 1.29 is 23.8 Å². The zero-order valence-corrected chi connectivity index (χ0v) is 14.8. The Bertz CT molecular complexity index is 1150. The van der Waals surface area contributed by atoms with Crippen LogP contribution >= 0.6 is 0 Å². The number of halogens is 1. The van der Waals surface area contributed by atoms with Crippen LogP contribution in [0.4, 0.5) is 4.39 Å². The molecule has 0 radical (unpaired) electrons. The van der Waals surface area contributed by atoms with E-state index in [4.69, 9.17) is 4.74 Å². The third kappa shape index (κ3) is 3.66. The molecule has 0 amide bonds. The number of aromatic nitrogens is 2. The third-order valence-electron chi connectivity index (χ3n) is 3.96. The maximum absolute atomic E-state index is 13.7. The summed E-state index contributed by atoms with van der Waals surface area (Å²) >= 11 is 0. The van der Waals surface area contributed by atoms with E-state index in [1.807, 2.05) is 0 Å². The van der Waals surface area contributed by atoms with Crippen molar-refractivity contribution in [3.8, 4) is 0 Å². The van der Waals surface area contributed by atoms with Gasteiger partial charge in [0.2, 0.25) is 5.43 Å². The molecule has 2 aromatic heterocycles. The molecule has 2 heterocycles. The molecule has 0 saturated heterocycles. The summed E-state index contributed by atoms with van der Waals surface area (Å²) in [5, 5.41) is 9.53. The van der Waals surface area contributed by atoms with Crippen LogP contribution in [0, 0.1) is 5.82 Å². The SMILES string of the molecule is CCOC(=O)c1cn(/C=C(\C(=O)O)c2cccnc2)c2ccc(F)cc2c1=O. The fourth-order valence-corrected chi connectivity index (χ4v) is 2.70. The van der Waals surface area contributed by atoms with Gasteiger partial charge >= 0.3 is 11.9 Å². The first-order valence-corrected chi connectivity index (χ1v) is 8.29. The number of aliphatic carboxylic acids is 1. The highest BCUT2D eigenvalue weighted by Gasteiger charge is 2.18. The Labute approximate surface area is 158 Å². The topological polar surface area (TPSA) is 98.5 Å². The van der Waals surface area contributed by atoms with Crippen LogP contribution in [0.2, 0.25) is 0 Å². The zero-order chi connectivity index (χ0) is 20.3. The lowest BCUT2D eigenvalue weighted by Gasteiger charge is -2.11. The minimum Gasteiger partial charge on any atom is -0.478 e. The van der Waals surface area contributed by atoms with Crippen LogP contribution in [0.15, 0.2) is 53.7 Å². The molecule has 0 atom stereocenters. The number of esters is 1. The van der Waals surface area contributed by atoms with Gasteiger partial charge in [-0.15, -0.1) is 0 Å². The van der Waals surface area contributed by atoms with Crippen LogP contribution in [0.5, 0.6) is 0 Å². The van der Waals surface area contributed by atoms with Crippen molar-refractivity contribution in [1.82, 2.24) is 9.55 Å². The molecule has 0 saturated carbocycles. The van der Waals surface area contributed by atoms with Crippen molar-refractivity contribution >= 4 is 34.6 Å². The summed E-state index contributed by atoms with van der Waals surface area (Å²) in [6.07, 6.45) is 5.29. The molecule has 0 unspecified atom stereocenters. The lowest BCUT2D eigenvalue weighted by Crippen LogP contribution is -2.20. The molecule has 0 aliphatic carbocycles. The molecule has 0 spiro atoms. The molecule has 1 N–H and O–H groups in total. The lowest BCUT2D eigenvalue weighted by atomic mass is 10.1. The average Bonchev–Trinajstić information content (AvgIpc) is 2.68. The number of benzene rings is 1. The predicted molar refractivity (Wildman–Crippen MR) is 100 cm³/mol. The molecule has 3 rings (SSSR count). The Morgan fingerprint density at radius 1 is 1.32 bits per heavy atom. The van der Waals surface area contributed by atoms with Crippen molar-refractivity contribution in [2.24, 2.45) is 0 Å². The van der Waals surface area contributed by atoms with Gasteiger partial charge in [-0.1, -0.05) is 6.07 Å². The summed E-state index contributed by atoms with van der Waals surface area (Å²) in [4.78, 5) is 40.4. The Hall–Kier alpha value is -3.81. The van der Waals surface area contributed by atoms with Crippen LogP contribution in [-0.2, 0) is 9.53 Å². The second-order valence-corrected chi connectivity index (χ2v) is 5.75. The van der Waals surface area contributed by atoms with Crippen molar-refractivity contribution in [2.45, 2.75) is 6.92 Å². The fraction of sp³-hybridized carbons (Fsp3) is 0.100. The third-order valence-corrected chi connectivity index (χ3v) is 3.96. The van der Waals surface area contributed by atoms with Gasteiger partial charge in [0.05, 0.1) is 17.7 Å². The molecular formula is C20H15FN2O5. The summed E-state index contributed by atoms with van der Waals surface area (Å²) in [5.41, 5.74) is -0.594. The second-order valence-electron chi connectivity index (χ2n) is 5.75. The van der Waals surface area contributed by atoms with E-state index in [-0.39, 0.29) is 28.6 Å². The molecule has 0 fully saturated rings. The number of pyridine rings is 2. The number of carbonyl (C=O) groups is 2. The molecule has 3 aromatic rings. The van der Waals surface area contributed by atoms with E-state index in [0.29, 0.717) is 5.56 Å². The highest BCUT2D eigenvalue weighted by atomic mass is 19.1. The summed E-state index contributed by atoms with van der Waals surface area (Å²) in [5.74, 6) is -2.77. The quantitative estimate of drug-likeness (QED) is 0.538. The zero-order valence-electron chi connectivity index (χ0n) is 14.8. The number of hydrogen-bond donors (Lipinski definition) is 1. The largest absolute Gasteiger partial charge is 0.478 e. The lowest BCUT2D eigenvalue weighted by molar-refractivity contribution is -0.130. The number of carboxylic acids is 1. The number of ether oxygens (including phenoxy) is 1. The number of carboxylic acid groups (broad SMARTS) is 1. The maximum atomic E-state index is 13.7. The summed E-state index contributed by atoms with van der Waals surface area (Å²) in [7, 11) is 0. The van der Waals surface area contributed by atoms with E-state index in [9.17, 15) is 23.9 Å². The van der Waals surface area contributed by atoms with Gasteiger partial charge < -0.3 is 14.4 Å². The van der Waals surface area contributed by atoms with Crippen molar-refractivity contribution in [1.29, 1.82) is 0 Å². The van der Waals surface area contributed by atoms with Gasteiger partial charge in [0.25, 0.3) is 0 Å². The molecule has 7 nitrogen and oxygen atoms in total. The monoisotopic (exact) mass is 382 g/mol. The Balaban J connectivity index is 2.33. The Morgan fingerprint density at radius 3 is 2.75 bits per heavy atom. The van der Waals surface area contributed by atoms with E-state index in [0.717, 1.165) is 12.1 Å². The van der Waals surface area contributed by atoms with E-state index < -0.39 is 23.2 Å². The summed E-state index contributed by atoms with van der Waals surface area (Å²) in [6.45, 7) is 1.63. The number of nitrogens with zero attached hydrogens (tertiary/aromatic N) is 2. The Morgan fingerprint density at radius 2 is 2.11 bits per heavy atom. The van der Waals surface area contributed by atoms with Gasteiger partial charge in [0.1, 0.15) is 11.4 Å². The van der Waals surface area contributed by atoms with Gasteiger partial charge in [0.15, 0.2) is 0 Å². The minimum absolute atomic E-state index is 0.0470. The fourth-order valence-electron chi connectivity index (χ4n) is 2.70. The van der Waals surface area contributed by atoms with Gasteiger partial charge in [0, 0.05) is 35.7 Å². The first-order valence-electron chi connectivity index (χ1n) is 8.29. The van der Waals surface area contributed by atoms with E-state index in [1.54, 1.807) is 19.1 Å². The van der Waals surface area contributed by atoms with Crippen LogP contribution in [0.3, 0.4) is 0 Å². The highest BCUT2D eigenvalue weighted by molar-refractivity contribution is 6.19. The van der Waals surface area contributed by atoms with Crippen LogP contribution < -0.4 is 5.43 Å². The van der Waals surface area contributed by atoms with Gasteiger partial charge in [-0.05, 0) is 31.2 Å². The van der Waals surface area contributed by atoms with Crippen LogP contribution in [-0.4, -0.2) is 33.2 Å². The smallest absolute Gasteiger partial charge is 0.343 e. The first kappa shape index (κ1) is 19.0. The van der Waals surface area contributed by atoms with E-state index in [1.165, 1.54) is 35.4 Å². The molecule has 28 heavy (non-hydrogen) atoms. The summed E-state index contributed by atoms with van der Waals surface area (Å²) < 4.78 is 19.9. The van der Waals surface area contributed by atoms with Crippen molar-refractivity contribution in [3.05, 3.63) is 76.1 Å². The molecule has 0 aliphatic heterocycles. The van der Waals surface area contributed by atoms with Crippen LogP contribution in [0.1, 0.15) is 22.8 Å².